The van der Waals surface area contributed by atoms with E-state index in [2.05, 4.69) is 5.32 Å². The molecule has 2 heterocycles. The van der Waals surface area contributed by atoms with Crippen LogP contribution in [0.3, 0.4) is 0 Å². The van der Waals surface area contributed by atoms with Gasteiger partial charge in [-0.05, 0) is 36.8 Å². The molecule has 1 fully saturated rings. The van der Waals surface area contributed by atoms with Crippen molar-refractivity contribution in [2.24, 2.45) is 0 Å². The Morgan fingerprint density at radius 3 is 2.55 bits per heavy atom. The molecule has 0 spiro atoms. The molecule has 1 aliphatic heterocycles. The van der Waals surface area contributed by atoms with Gasteiger partial charge < -0.3 is 10.2 Å². The Hall–Kier alpha value is -1.83. The Kier molecular flexibility index (Phi) is 6.74. The lowest BCUT2D eigenvalue weighted by Gasteiger charge is -2.34. The Morgan fingerprint density at radius 1 is 1.06 bits per heavy atom. The van der Waals surface area contributed by atoms with E-state index in [1.54, 1.807) is 17.0 Å². The van der Waals surface area contributed by atoms with E-state index in [1.165, 1.54) is 11.3 Å². The van der Waals surface area contributed by atoms with E-state index >= 15 is 0 Å². The third-order valence-corrected chi connectivity index (χ3v) is 7.64. The van der Waals surface area contributed by atoms with Gasteiger partial charge in [0.25, 0.3) is 5.91 Å². The first kappa shape index (κ1) is 22.4. The van der Waals surface area contributed by atoms with Crippen LogP contribution in [0.4, 0.5) is 5.69 Å². The zero-order chi connectivity index (χ0) is 22.1. The monoisotopic (exact) mass is 495 g/mol. The molecule has 162 valence electrons. The molecule has 1 aliphatic rings. The zero-order valence-corrected chi connectivity index (χ0v) is 19.8. The number of fused-ring (bicyclic) bond motifs is 1. The van der Waals surface area contributed by atoms with Crippen LogP contribution in [0.5, 0.6) is 0 Å². The Balaban J connectivity index is 1.35. The predicted molar refractivity (Wildman–Crippen MR) is 129 cm³/mol. The van der Waals surface area contributed by atoms with Crippen molar-refractivity contribution in [3.05, 3.63) is 61.9 Å². The number of rotatable bonds is 4. The number of anilines is 1. The van der Waals surface area contributed by atoms with Crippen molar-refractivity contribution in [3.63, 3.8) is 0 Å². The Morgan fingerprint density at radius 2 is 1.81 bits per heavy atom. The number of nitrogens with zero attached hydrogens (tertiary/aromatic N) is 2. The minimum Gasteiger partial charge on any atom is -0.335 e. The van der Waals surface area contributed by atoms with Crippen LogP contribution in [-0.4, -0.2) is 54.3 Å². The molecule has 0 bridgehead atoms. The van der Waals surface area contributed by atoms with Crippen LogP contribution in [0.2, 0.25) is 15.1 Å². The van der Waals surface area contributed by atoms with Gasteiger partial charge in [0.05, 0.1) is 11.6 Å². The minimum atomic E-state index is -0.102. The highest BCUT2D eigenvalue weighted by molar-refractivity contribution is 7.21. The lowest BCUT2D eigenvalue weighted by Crippen LogP contribution is -2.50. The molecular weight excluding hydrogens is 477 g/mol. The molecule has 2 amide bonds. The molecule has 0 atom stereocenters. The van der Waals surface area contributed by atoms with Gasteiger partial charge in [-0.25, -0.2) is 0 Å². The molecule has 1 aromatic heterocycles. The van der Waals surface area contributed by atoms with E-state index in [4.69, 9.17) is 34.8 Å². The third-order valence-electron chi connectivity index (χ3n) is 5.35. The second-order valence-corrected chi connectivity index (χ2v) is 9.69. The molecule has 0 aliphatic carbocycles. The van der Waals surface area contributed by atoms with Crippen LogP contribution in [-0.2, 0) is 4.79 Å². The van der Waals surface area contributed by atoms with Crippen molar-refractivity contribution < 1.29 is 9.59 Å². The van der Waals surface area contributed by atoms with Gasteiger partial charge in [-0.1, -0.05) is 46.9 Å². The van der Waals surface area contributed by atoms with Gasteiger partial charge in [0.1, 0.15) is 4.88 Å². The smallest absolute Gasteiger partial charge is 0.265 e. The van der Waals surface area contributed by atoms with E-state index in [-0.39, 0.29) is 18.4 Å². The molecule has 5 nitrogen and oxygen atoms in total. The largest absolute Gasteiger partial charge is 0.335 e. The van der Waals surface area contributed by atoms with Crippen LogP contribution < -0.4 is 5.32 Å². The topological polar surface area (TPSA) is 52.7 Å². The number of carbonyl (C=O) groups is 2. The van der Waals surface area contributed by atoms with Crippen LogP contribution in [0, 0.1) is 6.92 Å². The highest BCUT2D eigenvalue weighted by Crippen LogP contribution is 2.37. The summed E-state index contributed by atoms with van der Waals surface area (Å²) in [5, 5.41) is 5.46. The molecule has 0 radical (unpaired) electrons. The number of halogens is 3. The first-order valence-corrected chi connectivity index (χ1v) is 11.7. The minimum absolute atomic E-state index is 0.0824. The van der Waals surface area contributed by atoms with E-state index in [0.717, 1.165) is 15.6 Å². The number of amides is 2. The molecule has 31 heavy (non-hydrogen) atoms. The summed E-state index contributed by atoms with van der Waals surface area (Å²) in [7, 11) is 0. The molecule has 4 rings (SSSR count). The highest BCUT2D eigenvalue weighted by Gasteiger charge is 2.27. The maximum atomic E-state index is 13.0. The number of benzene rings is 2. The van der Waals surface area contributed by atoms with Gasteiger partial charge in [-0.3, -0.25) is 14.5 Å². The maximum absolute atomic E-state index is 13.0. The van der Waals surface area contributed by atoms with Crippen LogP contribution in [0.1, 0.15) is 15.2 Å². The van der Waals surface area contributed by atoms with E-state index < -0.39 is 0 Å². The molecule has 0 saturated carbocycles. The van der Waals surface area contributed by atoms with Crippen molar-refractivity contribution in [2.45, 2.75) is 6.92 Å². The van der Waals surface area contributed by atoms with Gasteiger partial charge in [0.15, 0.2) is 0 Å². The summed E-state index contributed by atoms with van der Waals surface area (Å²) in [5.41, 5.74) is 1.56. The summed E-state index contributed by atoms with van der Waals surface area (Å²) >= 11 is 20.0. The van der Waals surface area contributed by atoms with E-state index in [0.29, 0.717) is 51.8 Å². The summed E-state index contributed by atoms with van der Waals surface area (Å²) in [5.74, 6) is -0.185. The number of carbonyl (C=O) groups excluding carboxylic acids is 2. The van der Waals surface area contributed by atoms with Crippen molar-refractivity contribution in [3.8, 4) is 0 Å². The molecule has 1 N–H and O–H groups in total. The molecule has 0 unspecified atom stereocenters. The lowest BCUT2D eigenvalue weighted by molar-refractivity contribution is -0.117. The van der Waals surface area contributed by atoms with Crippen LogP contribution >= 0.6 is 46.1 Å². The second-order valence-electron chi connectivity index (χ2n) is 7.41. The first-order valence-electron chi connectivity index (χ1n) is 9.77. The SMILES string of the molecule is Cc1c(Cl)cccc1NC(=O)CN1CCN(C(=O)c2sc3cc(Cl)ccc3c2Cl)CC1. The van der Waals surface area contributed by atoms with E-state index in [1.807, 2.05) is 36.1 Å². The maximum Gasteiger partial charge on any atom is 0.265 e. The van der Waals surface area contributed by atoms with Gasteiger partial charge in [0, 0.05) is 52.0 Å². The fourth-order valence-electron chi connectivity index (χ4n) is 3.56. The average Bonchev–Trinajstić information content (AvgIpc) is 3.07. The standard InChI is InChI=1S/C22H20Cl3N3O2S/c1-13-16(24)3-2-4-17(13)26-19(29)12-27-7-9-28(10-8-27)22(30)21-20(25)15-6-5-14(23)11-18(15)31-21/h2-6,11H,7-10,12H2,1H3,(H,26,29). The molecule has 1 saturated heterocycles. The molecule has 2 aromatic carbocycles. The molecule has 3 aromatic rings. The van der Waals surface area contributed by atoms with Gasteiger partial charge >= 0.3 is 0 Å². The number of nitrogens with one attached hydrogen (secondary N) is 1. The van der Waals surface area contributed by atoms with Crippen molar-refractivity contribution in [1.29, 1.82) is 0 Å². The number of hydrogen-bond donors (Lipinski definition) is 1. The highest BCUT2D eigenvalue weighted by atomic mass is 35.5. The van der Waals surface area contributed by atoms with Crippen molar-refractivity contribution >= 4 is 73.7 Å². The van der Waals surface area contributed by atoms with Gasteiger partial charge in [-0.2, -0.15) is 0 Å². The third kappa shape index (κ3) is 4.83. The van der Waals surface area contributed by atoms with Crippen LogP contribution in [0.25, 0.3) is 10.1 Å². The predicted octanol–water partition coefficient (Wildman–Crippen LogP) is 5.57. The van der Waals surface area contributed by atoms with Crippen molar-refractivity contribution in [2.75, 3.05) is 38.0 Å². The Labute approximate surface area is 199 Å². The normalized spacial score (nSPS) is 14.8. The second kappa shape index (κ2) is 9.35. The summed E-state index contributed by atoms with van der Waals surface area (Å²) in [4.78, 5) is 29.8. The average molecular weight is 497 g/mol. The first-order chi connectivity index (χ1) is 14.8. The summed E-state index contributed by atoms with van der Waals surface area (Å²) in [6.45, 7) is 4.43. The molecule has 9 heteroatoms. The number of hydrogen-bond acceptors (Lipinski definition) is 4. The number of thiophene rings is 1. The fourth-order valence-corrected chi connectivity index (χ4v) is 5.50. The fraction of sp³-hybridized carbons (Fsp3) is 0.273. The molecular formula is C22H20Cl3N3O2S. The zero-order valence-electron chi connectivity index (χ0n) is 16.8. The quantitative estimate of drug-likeness (QED) is 0.514. The van der Waals surface area contributed by atoms with E-state index in [9.17, 15) is 9.59 Å². The lowest BCUT2D eigenvalue weighted by atomic mass is 10.2. The summed E-state index contributed by atoms with van der Waals surface area (Å²) in [6.07, 6.45) is 0. The van der Waals surface area contributed by atoms with Crippen molar-refractivity contribution in [1.82, 2.24) is 9.80 Å². The Bertz CT molecular complexity index is 1160. The van der Waals surface area contributed by atoms with Gasteiger partial charge in [-0.15, -0.1) is 11.3 Å². The summed E-state index contributed by atoms with van der Waals surface area (Å²) < 4.78 is 0.896. The van der Waals surface area contributed by atoms with Gasteiger partial charge in [0.2, 0.25) is 5.91 Å². The summed E-state index contributed by atoms with van der Waals surface area (Å²) in [6, 6.07) is 10.9. The van der Waals surface area contributed by atoms with Crippen LogP contribution in [0.15, 0.2) is 36.4 Å². The number of piperazine rings is 1.